The Kier molecular flexibility index (Phi) is 16.3. The van der Waals surface area contributed by atoms with Crippen molar-refractivity contribution in [1.29, 1.82) is 0 Å². The largest absolute Gasteiger partial charge is 0.506 e. The van der Waals surface area contributed by atoms with Crippen molar-refractivity contribution in [2.24, 2.45) is 0 Å². The number of carboxylic acids is 2. The Labute approximate surface area is 341 Å². The van der Waals surface area contributed by atoms with Crippen molar-refractivity contribution in [3.05, 3.63) is 11.5 Å². The maximum Gasteiger partial charge on any atom is 0.397 e. The molecule has 4 aliphatic heterocycles. The second-order valence-electron chi connectivity index (χ2n) is 13.4. The van der Waals surface area contributed by atoms with E-state index in [0.717, 1.165) is 13.8 Å². The van der Waals surface area contributed by atoms with Gasteiger partial charge in [0.15, 0.2) is 30.7 Å². The summed E-state index contributed by atoms with van der Waals surface area (Å²) in [6, 6.07) is -3.96. The lowest BCUT2D eigenvalue weighted by Gasteiger charge is -2.49. The van der Waals surface area contributed by atoms with E-state index in [9.17, 15) is 91.6 Å². The van der Waals surface area contributed by atoms with Crippen LogP contribution in [-0.2, 0) is 81.5 Å². The van der Waals surface area contributed by atoms with Gasteiger partial charge in [0.2, 0.25) is 23.9 Å². The highest BCUT2D eigenvalue weighted by Gasteiger charge is 2.58. The van der Waals surface area contributed by atoms with Crippen LogP contribution in [0.4, 0.5) is 0 Å². The standard InChI is InChI=1S/C28H42N2O29S2/c1-5(32)29-9-19(17(59-61(48,49)50)8(52-25(9)44)4-51-60(45,46)47)55-28-16(39)14(37)20(22(58-28)24(42)43)56-26-10(30-6(2)33)18(11(34)7(3-31)53-26)54-27-15(38)12(35)13(36)21(57-27)23(40)41/h7-12,14-20,22,25-28,31,34-39,44H,3-4H2,1-2H3,(H,29,32)(H,30,33)(H,40,41)(H,42,43)(H,45,46,47)(H,48,49,50)/t7-,8-,9-,10-,11+,12+,14-,15-,16-,17+,18-,19-,20+,22+,25?,26+,27-,28-/m1/s1. The molecule has 4 heterocycles. The first-order valence-electron chi connectivity index (χ1n) is 17.1. The first kappa shape index (κ1) is 50.1. The van der Waals surface area contributed by atoms with Gasteiger partial charge in [0.25, 0.3) is 0 Å². The molecule has 3 fully saturated rings. The second kappa shape index (κ2) is 19.9. The third kappa shape index (κ3) is 12.1. The zero-order valence-corrected chi connectivity index (χ0v) is 32.6. The Bertz CT molecular complexity index is 1870. The number of hydrogen-bond donors (Lipinski definition) is 14. The van der Waals surface area contributed by atoms with Gasteiger partial charge in [0, 0.05) is 13.8 Å². The van der Waals surface area contributed by atoms with Crippen LogP contribution in [0, 0.1) is 0 Å². The van der Waals surface area contributed by atoms with Gasteiger partial charge in [-0.1, -0.05) is 0 Å². The lowest BCUT2D eigenvalue weighted by Crippen LogP contribution is -2.70. The van der Waals surface area contributed by atoms with E-state index in [2.05, 4.69) is 19.0 Å². The van der Waals surface area contributed by atoms with E-state index >= 15 is 0 Å². The fourth-order valence-corrected chi connectivity index (χ4v) is 7.29. The molecule has 0 saturated carbocycles. The topological polar surface area (TPSA) is 486 Å². The Balaban J connectivity index is 1.69. The monoisotopic (exact) mass is 934 g/mol. The van der Waals surface area contributed by atoms with Gasteiger partial charge in [0.1, 0.15) is 79.2 Å². The van der Waals surface area contributed by atoms with Gasteiger partial charge >= 0.3 is 32.7 Å². The van der Waals surface area contributed by atoms with Crippen LogP contribution in [0.1, 0.15) is 13.8 Å². The van der Waals surface area contributed by atoms with Crippen LogP contribution >= 0.6 is 0 Å². The molecular formula is C28H42N2O29S2. The molecule has 0 aromatic rings. The van der Waals surface area contributed by atoms with Crippen LogP contribution in [0.25, 0.3) is 0 Å². The number of carbonyl (C=O) groups is 4. The molecule has 3 saturated heterocycles. The van der Waals surface area contributed by atoms with Crippen molar-refractivity contribution < 1.29 is 138 Å². The molecule has 0 spiro atoms. The number of amides is 2. The van der Waals surface area contributed by atoms with Crippen LogP contribution < -0.4 is 10.6 Å². The summed E-state index contributed by atoms with van der Waals surface area (Å²) in [6.07, 6.45) is -36.8. The molecule has 0 aromatic heterocycles. The van der Waals surface area contributed by atoms with Crippen molar-refractivity contribution in [2.75, 3.05) is 13.2 Å². The maximum absolute atomic E-state index is 12.6. The van der Waals surface area contributed by atoms with Gasteiger partial charge in [-0.05, 0) is 0 Å². The fraction of sp³-hybridized carbons (Fsp3) is 0.786. The highest BCUT2D eigenvalue weighted by molar-refractivity contribution is 7.81. The molecule has 350 valence electrons. The fourth-order valence-electron chi connectivity index (χ4n) is 6.47. The summed E-state index contributed by atoms with van der Waals surface area (Å²) in [4.78, 5) is 48.7. The minimum Gasteiger partial charge on any atom is -0.506 e. The highest BCUT2D eigenvalue weighted by Crippen LogP contribution is 2.35. The van der Waals surface area contributed by atoms with Crippen LogP contribution in [0.2, 0.25) is 0 Å². The average Bonchev–Trinajstić information content (AvgIpc) is 3.13. The molecule has 33 heteroatoms. The minimum atomic E-state index is -5.63. The summed E-state index contributed by atoms with van der Waals surface area (Å²) in [6.45, 7) is -0.771. The SMILES string of the molecule is CC(=O)N[C@H]1[C@H](O[C@H]2[C@H](O)[C@@H](O)[C@H](O[C@H]3[C@@H](OS(=O)(=O)O)[C@@H](COS(=O)(=O)O)OC(O)[C@@H]3NC(C)=O)O[C@@H]2C(=O)O)O[C@H](CO)[C@H](O)[C@@H]1O[C@@H]1OC(C(=O)O)=C(O)[C@H](O)[C@H]1O. The first-order valence-corrected chi connectivity index (χ1v) is 19.9. The molecule has 4 rings (SSSR count). The Morgan fingerprint density at radius 2 is 1.25 bits per heavy atom. The number of ether oxygens (including phenoxy) is 7. The Morgan fingerprint density at radius 1 is 0.672 bits per heavy atom. The van der Waals surface area contributed by atoms with Crippen LogP contribution in [0.15, 0.2) is 11.5 Å². The molecule has 18 atom stereocenters. The number of aliphatic carboxylic acids is 2. The normalized spacial score (nSPS) is 39.8. The first-order chi connectivity index (χ1) is 28.1. The quantitative estimate of drug-likeness (QED) is 0.0639. The Morgan fingerprint density at radius 3 is 1.77 bits per heavy atom. The number of nitrogens with one attached hydrogen (secondary N) is 2. The molecule has 14 N–H and O–H groups in total. The lowest BCUT2D eigenvalue weighted by molar-refractivity contribution is -0.363. The van der Waals surface area contributed by atoms with E-state index < -0.39 is 180 Å². The van der Waals surface area contributed by atoms with E-state index in [1.165, 1.54) is 0 Å². The van der Waals surface area contributed by atoms with E-state index in [1.54, 1.807) is 0 Å². The minimum absolute atomic E-state index is 0.856. The second-order valence-corrected chi connectivity index (χ2v) is 15.6. The van der Waals surface area contributed by atoms with Crippen LogP contribution in [0.3, 0.4) is 0 Å². The molecule has 0 radical (unpaired) electrons. The molecule has 61 heavy (non-hydrogen) atoms. The third-order valence-electron chi connectivity index (χ3n) is 9.08. The number of aliphatic hydroxyl groups is 8. The zero-order valence-electron chi connectivity index (χ0n) is 30.9. The van der Waals surface area contributed by atoms with Crippen molar-refractivity contribution in [2.45, 2.75) is 124 Å². The molecule has 1 unspecified atom stereocenters. The van der Waals surface area contributed by atoms with Crippen LogP contribution in [0.5, 0.6) is 0 Å². The van der Waals surface area contributed by atoms with Crippen molar-refractivity contribution in [1.82, 2.24) is 10.6 Å². The van der Waals surface area contributed by atoms with Gasteiger partial charge < -0.3 is 94.9 Å². The molecule has 31 nitrogen and oxygen atoms in total. The van der Waals surface area contributed by atoms with Crippen molar-refractivity contribution >= 4 is 44.6 Å². The smallest absolute Gasteiger partial charge is 0.397 e. The molecule has 0 bridgehead atoms. The van der Waals surface area contributed by atoms with Gasteiger partial charge in [0.05, 0.1) is 13.2 Å². The van der Waals surface area contributed by atoms with Crippen molar-refractivity contribution in [3.63, 3.8) is 0 Å². The van der Waals surface area contributed by atoms with Crippen molar-refractivity contribution in [3.8, 4) is 0 Å². The highest BCUT2D eigenvalue weighted by atomic mass is 32.3. The summed E-state index contributed by atoms with van der Waals surface area (Å²) in [7, 11) is -11.0. The summed E-state index contributed by atoms with van der Waals surface area (Å²) in [5.41, 5.74) is 0. The van der Waals surface area contributed by atoms with E-state index in [1.807, 2.05) is 0 Å². The maximum atomic E-state index is 12.6. The van der Waals surface area contributed by atoms with E-state index in [-0.39, 0.29) is 0 Å². The van der Waals surface area contributed by atoms with Gasteiger partial charge in [-0.25, -0.2) is 18.0 Å². The molecule has 4 aliphatic rings. The zero-order chi connectivity index (χ0) is 46.0. The number of carboxylic acid groups (broad SMARTS) is 2. The van der Waals surface area contributed by atoms with Gasteiger partial charge in [-0.15, -0.1) is 0 Å². The predicted octanol–water partition coefficient (Wildman–Crippen LogP) is -8.58. The summed E-state index contributed by atoms with van der Waals surface area (Å²) >= 11 is 0. The third-order valence-corrected chi connectivity index (χ3v) is 9.98. The molecule has 2 amide bonds. The number of rotatable bonds is 16. The van der Waals surface area contributed by atoms with Gasteiger partial charge in [-0.2, -0.15) is 16.8 Å². The number of aliphatic hydroxyl groups excluding tert-OH is 8. The van der Waals surface area contributed by atoms with E-state index in [4.69, 9.17) is 37.7 Å². The number of hydrogen-bond acceptors (Lipinski definition) is 25. The molecular weight excluding hydrogens is 892 g/mol. The summed E-state index contributed by atoms with van der Waals surface area (Å²) in [5.74, 6) is -8.64. The predicted molar refractivity (Wildman–Crippen MR) is 179 cm³/mol. The Hall–Kier alpha value is -3.56. The lowest BCUT2D eigenvalue weighted by atomic mass is 9.94. The summed E-state index contributed by atoms with van der Waals surface area (Å²) in [5, 5.41) is 109. The van der Waals surface area contributed by atoms with E-state index in [0.29, 0.717) is 0 Å². The molecule has 0 aliphatic carbocycles. The van der Waals surface area contributed by atoms with Crippen LogP contribution in [-0.4, -0.2) is 224 Å². The average molecular weight is 935 g/mol. The number of carbonyl (C=O) groups excluding carboxylic acids is 2. The molecule has 0 aromatic carbocycles. The summed E-state index contributed by atoms with van der Waals surface area (Å²) < 4.78 is 111. The van der Waals surface area contributed by atoms with Gasteiger partial charge in [-0.3, -0.25) is 18.7 Å².